The first kappa shape index (κ1) is 25.8. The maximum Gasteiger partial charge on any atom is 0.192 e. The van der Waals surface area contributed by atoms with Crippen LogP contribution in [-0.4, -0.2) is 37.5 Å². The summed E-state index contributed by atoms with van der Waals surface area (Å²) in [6.07, 6.45) is 7.62. The van der Waals surface area contributed by atoms with E-state index in [9.17, 15) is 5.26 Å². The Morgan fingerprint density at radius 2 is 1.77 bits per heavy atom. The number of pyridine rings is 2. The highest BCUT2D eigenvalue weighted by Crippen LogP contribution is 2.44. The van der Waals surface area contributed by atoms with Crippen LogP contribution < -0.4 is 4.90 Å². The second-order valence-electron chi connectivity index (χ2n) is 13.1. The van der Waals surface area contributed by atoms with E-state index in [1.54, 1.807) is 0 Å². The molecular formula is C29H42N4OSi. The molecule has 2 unspecified atom stereocenters. The number of anilines is 1. The molecule has 2 aromatic rings. The Morgan fingerprint density at radius 3 is 2.37 bits per heavy atom. The highest BCUT2D eigenvalue weighted by Gasteiger charge is 2.40. The summed E-state index contributed by atoms with van der Waals surface area (Å²) in [7, 11) is -1.79. The van der Waals surface area contributed by atoms with Gasteiger partial charge < -0.3 is 9.33 Å². The van der Waals surface area contributed by atoms with Gasteiger partial charge in [0.25, 0.3) is 0 Å². The van der Waals surface area contributed by atoms with Gasteiger partial charge in [-0.3, -0.25) is 9.97 Å². The molecule has 1 saturated heterocycles. The summed E-state index contributed by atoms with van der Waals surface area (Å²) in [6, 6.07) is 9.11. The SMILES string of the molecule is CC(C)(C)C(C#N)c1cc(C2CC2)cc(-c2cncc(N3CCC(O[Si](C)(C)C(C)(C)C)C3)c2)n1. The number of nitriles is 1. The van der Waals surface area contributed by atoms with Crippen LogP contribution in [0.3, 0.4) is 0 Å². The minimum Gasteiger partial charge on any atom is -0.412 e. The predicted octanol–water partition coefficient (Wildman–Crippen LogP) is 7.27. The molecule has 0 bridgehead atoms. The Morgan fingerprint density at radius 1 is 1.06 bits per heavy atom. The molecule has 1 aliphatic carbocycles. The zero-order chi connectivity index (χ0) is 25.6. The van der Waals surface area contributed by atoms with Crippen molar-refractivity contribution >= 4 is 14.0 Å². The number of rotatable bonds is 6. The lowest BCUT2D eigenvalue weighted by molar-refractivity contribution is 0.202. The van der Waals surface area contributed by atoms with E-state index in [0.29, 0.717) is 5.92 Å². The molecule has 2 aromatic heterocycles. The molecule has 4 rings (SSSR count). The quantitative estimate of drug-likeness (QED) is 0.398. The van der Waals surface area contributed by atoms with Crippen molar-refractivity contribution in [3.05, 3.63) is 41.9 Å². The third-order valence-electron chi connectivity index (χ3n) is 8.00. The molecule has 0 amide bonds. The first-order valence-corrected chi connectivity index (χ1v) is 16.0. The zero-order valence-electron chi connectivity index (χ0n) is 22.9. The van der Waals surface area contributed by atoms with Gasteiger partial charge in [-0.25, -0.2) is 0 Å². The van der Waals surface area contributed by atoms with Gasteiger partial charge >= 0.3 is 0 Å². The molecule has 2 aliphatic rings. The molecule has 2 fully saturated rings. The van der Waals surface area contributed by atoms with E-state index in [1.807, 2.05) is 12.4 Å². The second kappa shape index (κ2) is 9.33. The maximum absolute atomic E-state index is 9.95. The fraction of sp³-hybridized carbons (Fsp3) is 0.621. The van der Waals surface area contributed by atoms with E-state index >= 15 is 0 Å². The normalized spacial score (nSPS) is 20.1. The van der Waals surface area contributed by atoms with Gasteiger partial charge in [0.1, 0.15) is 0 Å². The van der Waals surface area contributed by atoms with Crippen molar-refractivity contribution in [2.45, 2.75) is 96.9 Å². The van der Waals surface area contributed by atoms with Crippen LogP contribution in [0.15, 0.2) is 30.6 Å². The summed E-state index contributed by atoms with van der Waals surface area (Å²) in [6.45, 7) is 19.8. The highest BCUT2D eigenvalue weighted by atomic mass is 28.4. The lowest BCUT2D eigenvalue weighted by Gasteiger charge is -2.38. The Bertz CT molecular complexity index is 1100. The fourth-order valence-electron chi connectivity index (χ4n) is 4.62. The van der Waals surface area contributed by atoms with Crippen molar-refractivity contribution in [1.82, 2.24) is 9.97 Å². The molecule has 0 N–H and O–H groups in total. The lowest BCUT2D eigenvalue weighted by Crippen LogP contribution is -2.44. The molecule has 188 valence electrons. The first-order chi connectivity index (χ1) is 16.3. The van der Waals surface area contributed by atoms with Gasteiger partial charge in [-0.1, -0.05) is 41.5 Å². The summed E-state index contributed by atoms with van der Waals surface area (Å²) >= 11 is 0. The number of hydrogen-bond donors (Lipinski definition) is 0. The van der Waals surface area contributed by atoms with Crippen LogP contribution >= 0.6 is 0 Å². The Kier molecular flexibility index (Phi) is 6.89. The van der Waals surface area contributed by atoms with Crippen LogP contribution in [0.5, 0.6) is 0 Å². The monoisotopic (exact) mass is 490 g/mol. The van der Waals surface area contributed by atoms with Crippen molar-refractivity contribution in [2.75, 3.05) is 18.0 Å². The maximum atomic E-state index is 9.95. The molecule has 35 heavy (non-hydrogen) atoms. The topological polar surface area (TPSA) is 62.0 Å². The van der Waals surface area contributed by atoms with E-state index in [2.05, 4.69) is 88.8 Å². The van der Waals surface area contributed by atoms with Crippen LogP contribution in [0.25, 0.3) is 11.3 Å². The van der Waals surface area contributed by atoms with Gasteiger partial charge in [-0.15, -0.1) is 0 Å². The Labute approximate surface area is 213 Å². The fourth-order valence-corrected chi connectivity index (χ4v) is 6.00. The van der Waals surface area contributed by atoms with Gasteiger partial charge in [-0.2, -0.15) is 5.26 Å². The predicted molar refractivity (Wildman–Crippen MR) is 146 cm³/mol. The van der Waals surface area contributed by atoms with E-state index in [-0.39, 0.29) is 22.5 Å². The molecule has 3 heterocycles. The first-order valence-electron chi connectivity index (χ1n) is 13.1. The largest absolute Gasteiger partial charge is 0.412 e. The van der Waals surface area contributed by atoms with Crippen molar-refractivity contribution in [1.29, 1.82) is 5.26 Å². The summed E-state index contributed by atoms with van der Waals surface area (Å²) in [5, 5.41) is 10.2. The molecule has 2 atom stereocenters. The lowest BCUT2D eigenvalue weighted by atomic mass is 9.79. The van der Waals surface area contributed by atoms with Crippen LogP contribution in [-0.2, 0) is 4.43 Å². The highest BCUT2D eigenvalue weighted by molar-refractivity contribution is 6.74. The standard InChI is InChI=1S/C29H42N4OSi/c1-28(2,3)25(16-30)27-15-21(20-9-10-20)14-26(32-27)22-13-23(18-31-17-22)33-12-11-24(19-33)34-35(7,8)29(4,5)6/h13-15,17-18,20,24-25H,9-12,19H2,1-8H3. The summed E-state index contributed by atoms with van der Waals surface area (Å²) in [5.41, 5.74) is 5.09. The molecule has 1 saturated carbocycles. The van der Waals surface area contributed by atoms with Crippen molar-refractivity contribution in [3.8, 4) is 17.3 Å². The number of nitrogens with zero attached hydrogens (tertiary/aromatic N) is 4. The average Bonchev–Trinajstić information content (AvgIpc) is 3.51. The van der Waals surface area contributed by atoms with Crippen LogP contribution in [0.4, 0.5) is 5.69 Å². The summed E-state index contributed by atoms with van der Waals surface area (Å²) in [4.78, 5) is 12.0. The van der Waals surface area contributed by atoms with E-state index < -0.39 is 8.32 Å². The van der Waals surface area contributed by atoms with Gasteiger partial charge in [0, 0.05) is 24.8 Å². The van der Waals surface area contributed by atoms with Gasteiger partial charge in [0.2, 0.25) is 0 Å². The minimum atomic E-state index is -1.79. The Hall–Kier alpha value is -2.23. The second-order valence-corrected chi connectivity index (χ2v) is 17.8. The van der Waals surface area contributed by atoms with Crippen molar-refractivity contribution in [2.24, 2.45) is 5.41 Å². The van der Waals surface area contributed by atoms with E-state index in [0.717, 1.165) is 42.1 Å². The van der Waals surface area contributed by atoms with Crippen molar-refractivity contribution < 1.29 is 4.43 Å². The van der Waals surface area contributed by atoms with E-state index in [4.69, 9.17) is 9.41 Å². The average molecular weight is 491 g/mol. The van der Waals surface area contributed by atoms with Crippen LogP contribution in [0, 0.1) is 16.7 Å². The summed E-state index contributed by atoms with van der Waals surface area (Å²) < 4.78 is 6.70. The van der Waals surface area contributed by atoms with Crippen molar-refractivity contribution in [3.63, 3.8) is 0 Å². The molecule has 0 radical (unpaired) electrons. The molecule has 1 aliphatic heterocycles. The molecule has 6 heteroatoms. The smallest absolute Gasteiger partial charge is 0.192 e. The summed E-state index contributed by atoms with van der Waals surface area (Å²) in [5.74, 6) is 0.348. The van der Waals surface area contributed by atoms with Gasteiger partial charge in [0.15, 0.2) is 8.32 Å². The van der Waals surface area contributed by atoms with Crippen LogP contribution in [0.1, 0.15) is 83.9 Å². The third kappa shape index (κ3) is 5.78. The van der Waals surface area contributed by atoms with Gasteiger partial charge in [0.05, 0.1) is 41.4 Å². The zero-order valence-corrected chi connectivity index (χ0v) is 23.9. The van der Waals surface area contributed by atoms with Crippen LogP contribution in [0.2, 0.25) is 18.1 Å². The van der Waals surface area contributed by atoms with Gasteiger partial charge in [-0.05, 0) is 72.5 Å². The molecule has 5 nitrogen and oxygen atoms in total. The Balaban J connectivity index is 1.59. The molecule has 0 spiro atoms. The van der Waals surface area contributed by atoms with E-state index in [1.165, 1.54) is 18.4 Å². The number of hydrogen-bond acceptors (Lipinski definition) is 5. The molecular weight excluding hydrogens is 448 g/mol. The molecule has 0 aromatic carbocycles. The third-order valence-corrected chi connectivity index (χ3v) is 12.5. The number of aromatic nitrogens is 2. The minimum absolute atomic E-state index is 0.171.